The number of hydrogen-bond acceptors (Lipinski definition) is 7. The van der Waals surface area contributed by atoms with Gasteiger partial charge in [-0.25, -0.2) is 0 Å². The van der Waals surface area contributed by atoms with E-state index >= 15 is 0 Å². The van der Waals surface area contributed by atoms with Crippen molar-refractivity contribution in [3.8, 4) is 5.75 Å². The maximum atomic E-state index is 12.4. The minimum absolute atomic E-state index is 0.106. The third-order valence-electron chi connectivity index (χ3n) is 3.79. The molecule has 9 heteroatoms. The Hall–Kier alpha value is -2.52. The van der Waals surface area contributed by atoms with Crippen molar-refractivity contribution in [3.05, 3.63) is 51.1 Å². The Balaban J connectivity index is 1.96. The summed E-state index contributed by atoms with van der Waals surface area (Å²) in [5.74, 6) is -0.120. The third kappa shape index (κ3) is 2.83. The predicted molar refractivity (Wildman–Crippen MR) is 86.1 cm³/mol. The lowest BCUT2D eigenvalue weighted by atomic mass is 9.90. The summed E-state index contributed by atoms with van der Waals surface area (Å²) in [4.78, 5) is 27.2. The number of rotatable bonds is 3. The third-order valence-corrected chi connectivity index (χ3v) is 4.94. The van der Waals surface area contributed by atoms with E-state index < -0.39 is 28.6 Å². The van der Waals surface area contributed by atoms with E-state index in [1.54, 1.807) is 32.2 Å². The number of hydrogen-bond donors (Lipinski definition) is 2. The van der Waals surface area contributed by atoms with E-state index in [-0.39, 0.29) is 5.00 Å². The van der Waals surface area contributed by atoms with Crippen molar-refractivity contribution in [2.24, 2.45) is 0 Å². The fraction of sp³-hybridized carbons (Fsp3) is 0.333. The summed E-state index contributed by atoms with van der Waals surface area (Å²) in [6.07, 6.45) is 1.89. The lowest BCUT2D eigenvalue weighted by Crippen LogP contribution is -2.53. The zero-order chi connectivity index (χ0) is 17.5. The van der Waals surface area contributed by atoms with Crippen LogP contribution in [-0.2, 0) is 0 Å². The molecule has 2 N–H and O–H groups in total. The van der Waals surface area contributed by atoms with Gasteiger partial charge in [0.2, 0.25) is 0 Å². The van der Waals surface area contributed by atoms with Gasteiger partial charge in [0, 0.05) is 12.4 Å². The number of pyridine rings is 1. The number of nitrogens with zero attached hydrogens (tertiary/aromatic N) is 2. The summed E-state index contributed by atoms with van der Waals surface area (Å²) in [5.41, 5.74) is -0.670. The van der Waals surface area contributed by atoms with Crippen molar-refractivity contribution in [1.29, 1.82) is 0 Å². The fourth-order valence-electron chi connectivity index (χ4n) is 2.52. The highest BCUT2D eigenvalue weighted by atomic mass is 32.1. The van der Waals surface area contributed by atoms with E-state index in [1.165, 1.54) is 12.3 Å². The zero-order valence-electron chi connectivity index (χ0n) is 12.9. The molecule has 0 radical (unpaired) electrons. The van der Waals surface area contributed by atoms with E-state index in [2.05, 4.69) is 10.3 Å². The summed E-state index contributed by atoms with van der Waals surface area (Å²) in [6.45, 7) is 3.32. The molecule has 0 unspecified atom stereocenters. The van der Waals surface area contributed by atoms with E-state index in [0.717, 1.165) is 11.3 Å². The molecular weight excluding hydrogens is 334 g/mol. The van der Waals surface area contributed by atoms with Gasteiger partial charge in [-0.1, -0.05) is 11.3 Å². The van der Waals surface area contributed by atoms with E-state index in [4.69, 9.17) is 4.74 Å². The molecule has 0 bridgehead atoms. The topological polar surface area (TPSA) is 115 Å². The minimum atomic E-state index is -1.07. The van der Waals surface area contributed by atoms with Gasteiger partial charge in [0.05, 0.1) is 27.5 Å². The fourth-order valence-corrected chi connectivity index (χ4v) is 3.50. The quantitative estimate of drug-likeness (QED) is 0.647. The van der Waals surface area contributed by atoms with Gasteiger partial charge in [-0.05, 0) is 26.0 Å². The zero-order valence-corrected chi connectivity index (χ0v) is 13.7. The van der Waals surface area contributed by atoms with Crippen molar-refractivity contribution in [2.45, 2.75) is 31.6 Å². The molecule has 126 valence electrons. The second-order valence-corrected chi connectivity index (χ2v) is 6.98. The van der Waals surface area contributed by atoms with Crippen molar-refractivity contribution >= 4 is 22.2 Å². The van der Waals surface area contributed by atoms with Crippen molar-refractivity contribution in [3.63, 3.8) is 0 Å². The summed E-state index contributed by atoms with van der Waals surface area (Å²) in [7, 11) is 0. The number of aromatic nitrogens is 1. The summed E-state index contributed by atoms with van der Waals surface area (Å²) >= 11 is 0.879. The van der Waals surface area contributed by atoms with Crippen molar-refractivity contribution in [1.82, 2.24) is 10.3 Å². The number of nitro groups is 1. The SMILES string of the molecule is CC1(C)Oc2cc([N+](=O)[O-])sc2[C@@H](NC(=O)c2cccnc2)[C@@H]1O. The number of fused-ring (bicyclic) bond motifs is 1. The lowest BCUT2D eigenvalue weighted by Gasteiger charge is -2.40. The molecule has 0 saturated carbocycles. The average molecular weight is 349 g/mol. The predicted octanol–water partition coefficient (Wildman–Crippen LogP) is 2.05. The van der Waals surface area contributed by atoms with Crippen LogP contribution in [0.5, 0.6) is 5.75 Å². The molecule has 1 aliphatic heterocycles. The first-order valence-electron chi connectivity index (χ1n) is 7.15. The van der Waals surface area contributed by atoms with Crippen molar-refractivity contribution in [2.75, 3.05) is 0 Å². The second-order valence-electron chi connectivity index (χ2n) is 5.91. The second kappa shape index (κ2) is 5.84. The van der Waals surface area contributed by atoms with Gasteiger partial charge in [0.15, 0.2) is 0 Å². The highest BCUT2D eigenvalue weighted by molar-refractivity contribution is 7.15. The maximum Gasteiger partial charge on any atom is 0.328 e. The number of ether oxygens (including phenoxy) is 1. The van der Waals surface area contributed by atoms with Gasteiger partial charge in [-0.2, -0.15) is 0 Å². The van der Waals surface area contributed by atoms with Crippen LogP contribution in [0.3, 0.4) is 0 Å². The highest BCUT2D eigenvalue weighted by Crippen LogP contribution is 2.47. The van der Waals surface area contributed by atoms with Gasteiger partial charge in [-0.15, -0.1) is 0 Å². The number of thiophene rings is 1. The Morgan fingerprint density at radius 2 is 2.29 bits per heavy atom. The van der Waals surface area contributed by atoms with Crippen LogP contribution in [0.25, 0.3) is 0 Å². The molecule has 2 aromatic heterocycles. The molecule has 2 aromatic rings. The molecule has 0 aromatic carbocycles. The van der Waals surface area contributed by atoms with Crippen LogP contribution in [0.1, 0.15) is 35.1 Å². The normalized spacial score (nSPS) is 21.5. The molecule has 3 heterocycles. The molecule has 8 nitrogen and oxygen atoms in total. The smallest absolute Gasteiger partial charge is 0.328 e. The molecule has 1 amide bonds. The van der Waals surface area contributed by atoms with Gasteiger partial charge in [0.25, 0.3) is 5.91 Å². The van der Waals surface area contributed by atoms with Crippen LogP contribution in [0, 0.1) is 10.1 Å². The molecule has 0 saturated heterocycles. The number of aliphatic hydroxyl groups excluding tert-OH is 1. The minimum Gasteiger partial charge on any atom is -0.484 e. The first-order valence-corrected chi connectivity index (χ1v) is 7.97. The molecule has 3 rings (SSSR count). The first-order chi connectivity index (χ1) is 11.3. The molecule has 0 spiro atoms. The van der Waals surface area contributed by atoms with Gasteiger partial charge in [0.1, 0.15) is 17.5 Å². The summed E-state index contributed by atoms with van der Waals surface area (Å²) < 4.78 is 5.67. The Kier molecular flexibility index (Phi) is 3.98. The summed E-state index contributed by atoms with van der Waals surface area (Å²) in [6, 6.07) is 3.73. The largest absolute Gasteiger partial charge is 0.484 e. The molecule has 0 aliphatic carbocycles. The molecule has 1 aliphatic rings. The standard InChI is InChI=1S/C15H15N3O5S/c1-15(2)13(19)11(17-14(20)8-4-3-5-16-7-8)12-9(23-15)6-10(24-12)18(21)22/h3-7,11,13,19H,1-2H3,(H,17,20)/t11-,13+/m1/s1. The van der Waals surface area contributed by atoms with Crippen molar-refractivity contribution < 1.29 is 19.6 Å². The number of nitrogens with one attached hydrogen (secondary N) is 1. The van der Waals surface area contributed by atoms with Crippen LogP contribution >= 0.6 is 11.3 Å². The highest BCUT2D eigenvalue weighted by Gasteiger charge is 2.46. The number of carbonyl (C=O) groups is 1. The van der Waals surface area contributed by atoms with Crippen LogP contribution in [0.15, 0.2) is 30.6 Å². The van der Waals surface area contributed by atoms with Crippen LogP contribution in [-0.4, -0.2) is 32.6 Å². The average Bonchev–Trinajstić information content (AvgIpc) is 2.95. The Morgan fingerprint density at radius 1 is 1.54 bits per heavy atom. The van der Waals surface area contributed by atoms with Crippen LogP contribution < -0.4 is 10.1 Å². The lowest BCUT2D eigenvalue weighted by molar-refractivity contribution is -0.380. The monoisotopic (exact) mass is 349 g/mol. The Morgan fingerprint density at radius 3 is 2.92 bits per heavy atom. The maximum absolute atomic E-state index is 12.4. The van der Waals surface area contributed by atoms with Gasteiger partial charge in [-0.3, -0.25) is 19.9 Å². The van der Waals surface area contributed by atoms with Gasteiger partial charge >= 0.3 is 5.00 Å². The Labute approximate surface area is 141 Å². The number of amides is 1. The van der Waals surface area contributed by atoms with Gasteiger partial charge < -0.3 is 15.2 Å². The van der Waals surface area contributed by atoms with E-state index in [9.17, 15) is 20.0 Å². The van der Waals surface area contributed by atoms with Crippen LogP contribution in [0.4, 0.5) is 5.00 Å². The van der Waals surface area contributed by atoms with Crippen LogP contribution in [0.2, 0.25) is 0 Å². The number of carbonyl (C=O) groups excluding carboxylic acids is 1. The molecule has 0 fully saturated rings. The first kappa shape index (κ1) is 16.3. The van der Waals surface area contributed by atoms with E-state index in [0.29, 0.717) is 16.2 Å². The molecular formula is C15H15N3O5S. The Bertz CT molecular complexity index is 790. The molecule has 24 heavy (non-hydrogen) atoms. The number of aliphatic hydroxyl groups is 1. The summed E-state index contributed by atoms with van der Waals surface area (Å²) in [5, 5.41) is 24.2. The van der Waals surface area contributed by atoms with E-state index in [1.807, 2.05) is 0 Å². The molecule has 2 atom stereocenters.